The lowest BCUT2D eigenvalue weighted by molar-refractivity contribution is 2.50. The average molecular weight is 193 g/mol. The van der Waals surface area contributed by atoms with Crippen LogP contribution in [0.4, 0.5) is 0 Å². The molecule has 0 unspecified atom stereocenters. The molecular formula is C12H48. The van der Waals surface area contributed by atoms with Gasteiger partial charge in [-0.25, -0.2) is 0 Å². The van der Waals surface area contributed by atoms with E-state index in [1.807, 2.05) is 0 Å². The minimum absolute atomic E-state index is 0. The number of rotatable bonds is 0. The van der Waals surface area contributed by atoms with Gasteiger partial charge < -0.3 is 0 Å². The minimum atomic E-state index is 0. The second-order valence-corrected chi connectivity index (χ2v) is 0. The molecule has 12 heavy (non-hydrogen) atoms. The molecule has 0 atom stereocenters. The van der Waals surface area contributed by atoms with Gasteiger partial charge in [0.1, 0.15) is 0 Å². The molecule has 0 heterocycles. The lowest BCUT2D eigenvalue weighted by atomic mass is 12.0. The van der Waals surface area contributed by atoms with Crippen LogP contribution in [0.25, 0.3) is 0 Å². The molecule has 0 bridgehead atoms. The van der Waals surface area contributed by atoms with E-state index in [0.29, 0.717) is 0 Å². The Kier molecular flexibility index (Phi) is 0. The van der Waals surface area contributed by atoms with Crippen molar-refractivity contribution in [2.45, 2.75) is 89.1 Å². The largest absolute Gasteiger partial charge is 0.0776 e. The smallest absolute Gasteiger partial charge is 0.0776 e. The monoisotopic (exact) mass is 192 g/mol. The zero-order valence-electron chi connectivity index (χ0n) is 0. The Morgan fingerprint density at radius 2 is 0.0833 bits per heavy atom. The van der Waals surface area contributed by atoms with Gasteiger partial charge in [0, 0.05) is 0 Å². The molecule has 0 saturated carbocycles. The third kappa shape index (κ3) is 0. The van der Waals surface area contributed by atoms with Gasteiger partial charge in [0.15, 0.2) is 0 Å². The Bertz CT molecular complexity index is 0. The predicted molar refractivity (Wildman–Crippen MR) is 80.8 cm³/mol. The minimum Gasteiger partial charge on any atom is -0.0776 e. The molecule has 0 aliphatic heterocycles. The first kappa shape index (κ1) is 0. The van der Waals surface area contributed by atoms with Gasteiger partial charge in [-0.15, -0.1) is 0 Å². The molecular weight excluding hydrogens is 144 g/mol. The van der Waals surface area contributed by atoms with Crippen LogP contribution in [-0.4, -0.2) is 0 Å². The quantitative estimate of drug-likeness (QED) is 0.370. The lowest BCUT2D eigenvalue weighted by Crippen LogP contribution is 0.143. The van der Waals surface area contributed by atoms with Crippen molar-refractivity contribution in [3.05, 3.63) is 0 Å². The van der Waals surface area contributed by atoms with E-state index in [1.165, 1.54) is 0 Å². The van der Waals surface area contributed by atoms with Gasteiger partial charge in [0.25, 0.3) is 0 Å². The van der Waals surface area contributed by atoms with Crippen LogP contribution in [0.2, 0.25) is 0 Å². The normalized spacial score (nSPS) is 0. The molecule has 0 aliphatic rings. The first-order chi connectivity index (χ1) is 0. The van der Waals surface area contributed by atoms with E-state index in [0.717, 1.165) is 0 Å². The molecule has 0 aromatic heterocycles. The molecule has 0 aromatic carbocycles. The summed E-state index contributed by atoms with van der Waals surface area (Å²) >= 11 is 0. The molecule has 0 aromatic rings. The van der Waals surface area contributed by atoms with Crippen LogP contribution < -0.4 is 0 Å². The standard InChI is InChI=1S/12CH4/h12*1H4. The Labute approximate surface area is 89.8 Å². The highest BCUT2D eigenvalue weighted by atomic mass is 12.0. The summed E-state index contributed by atoms with van der Waals surface area (Å²) in [6.07, 6.45) is 0. The van der Waals surface area contributed by atoms with Crippen LogP contribution >= 0.6 is 0 Å². The summed E-state index contributed by atoms with van der Waals surface area (Å²) < 4.78 is 0. The Morgan fingerprint density at radius 3 is 0.0833 bits per heavy atom. The zero-order valence-corrected chi connectivity index (χ0v) is 0. The van der Waals surface area contributed by atoms with Crippen molar-refractivity contribution in [3.63, 3.8) is 0 Å². The summed E-state index contributed by atoms with van der Waals surface area (Å²) in [4.78, 5) is 0. The summed E-state index contributed by atoms with van der Waals surface area (Å²) in [7, 11) is 0. The fourth-order valence-electron chi connectivity index (χ4n) is 0. The van der Waals surface area contributed by atoms with E-state index >= 15 is 0 Å². The molecule has 0 N–H and O–H groups in total. The van der Waals surface area contributed by atoms with Gasteiger partial charge >= 0.3 is 0 Å². The summed E-state index contributed by atoms with van der Waals surface area (Å²) in [5.74, 6) is 0. The van der Waals surface area contributed by atoms with Gasteiger partial charge in [-0.2, -0.15) is 0 Å². The van der Waals surface area contributed by atoms with E-state index in [2.05, 4.69) is 0 Å². The first-order valence-electron chi connectivity index (χ1n) is 0. The Morgan fingerprint density at radius 1 is 0.0833 bits per heavy atom. The Balaban J connectivity index is 0. The van der Waals surface area contributed by atoms with Gasteiger partial charge in [-0.05, 0) is 0 Å². The lowest BCUT2D eigenvalue weighted by Gasteiger charge is -0.0786. The van der Waals surface area contributed by atoms with Crippen LogP contribution in [0, 0.1) is 0 Å². The average Bonchev–Trinajstić information content (AvgIpc) is 0. The molecule has 0 heteroatoms. The number of hydrogen-bond donors (Lipinski definition) is 0. The summed E-state index contributed by atoms with van der Waals surface area (Å²) in [5, 5.41) is 0. The maximum absolute atomic E-state index is 0. The SMILES string of the molecule is C.C.C.C.C.C.C.C.C.C.C.C. The van der Waals surface area contributed by atoms with Crippen molar-refractivity contribution >= 4 is 0 Å². The molecule has 0 fully saturated rings. The van der Waals surface area contributed by atoms with Crippen molar-refractivity contribution < 1.29 is 0 Å². The molecule has 0 nitrogen and oxygen atoms in total. The summed E-state index contributed by atoms with van der Waals surface area (Å²) in [5.41, 5.74) is 0. The van der Waals surface area contributed by atoms with E-state index in [9.17, 15) is 0 Å². The van der Waals surface area contributed by atoms with Crippen molar-refractivity contribution in [2.24, 2.45) is 0 Å². The van der Waals surface area contributed by atoms with E-state index in [-0.39, 0.29) is 89.1 Å². The van der Waals surface area contributed by atoms with Gasteiger partial charge in [0.2, 0.25) is 0 Å². The van der Waals surface area contributed by atoms with E-state index < -0.39 is 0 Å². The highest BCUT2D eigenvalue weighted by Gasteiger charge is -0.0666. The fraction of sp³-hybridized carbons (Fsp3) is 1.00. The third-order valence-corrected chi connectivity index (χ3v) is 0. The first-order valence-corrected chi connectivity index (χ1v) is 0. The van der Waals surface area contributed by atoms with Crippen LogP contribution in [0.1, 0.15) is 89.1 Å². The highest BCUT2D eigenvalue weighted by Crippen LogP contribution is 0.155. The molecule has 0 spiro atoms. The zero-order chi connectivity index (χ0) is 0. The van der Waals surface area contributed by atoms with Gasteiger partial charge in [0.05, 0.1) is 0 Å². The summed E-state index contributed by atoms with van der Waals surface area (Å²) in [6, 6.07) is 0. The van der Waals surface area contributed by atoms with Crippen LogP contribution in [0.5, 0.6) is 0 Å². The highest BCUT2D eigenvalue weighted by molar-refractivity contribution is 2.51. The van der Waals surface area contributed by atoms with Crippen molar-refractivity contribution in [1.82, 2.24) is 0 Å². The van der Waals surface area contributed by atoms with Gasteiger partial charge in [-0.1, -0.05) is 89.1 Å². The van der Waals surface area contributed by atoms with E-state index in [1.54, 1.807) is 0 Å². The number of hydrogen-bond acceptors (Lipinski definition) is 0. The van der Waals surface area contributed by atoms with Crippen molar-refractivity contribution in [2.75, 3.05) is 0 Å². The molecule has 0 radical (unpaired) electrons. The molecule has 0 amide bonds. The second-order valence-electron chi connectivity index (χ2n) is 0. The van der Waals surface area contributed by atoms with Crippen molar-refractivity contribution in [3.8, 4) is 0 Å². The topological polar surface area (TPSA) is 0 Å². The van der Waals surface area contributed by atoms with Crippen LogP contribution in [-0.2, 0) is 0 Å². The molecule has 0 rings (SSSR count). The van der Waals surface area contributed by atoms with E-state index in [4.69, 9.17) is 0 Å². The maximum atomic E-state index is 0. The maximum Gasteiger partial charge on any atom is -0.0776 e. The van der Waals surface area contributed by atoms with Crippen LogP contribution in [0.15, 0.2) is 0 Å². The van der Waals surface area contributed by atoms with Gasteiger partial charge in [-0.3, -0.25) is 0 Å². The molecule has 0 aliphatic carbocycles. The second kappa shape index (κ2) is 0. The van der Waals surface area contributed by atoms with Crippen molar-refractivity contribution in [1.29, 1.82) is 0 Å². The molecule has 0 saturated heterocycles. The predicted octanol–water partition coefficient (Wildman–Crippen LogP) is 7.63. The molecule has 96 valence electrons. The van der Waals surface area contributed by atoms with Crippen LogP contribution in [0.3, 0.4) is 0 Å². The Hall–Kier alpha value is 0. The fourth-order valence-corrected chi connectivity index (χ4v) is 0. The third-order valence-electron chi connectivity index (χ3n) is 0. The summed E-state index contributed by atoms with van der Waals surface area (Å²) in [6.45, 7) is 0.